The molecule has 3 heteroatoms. The third kappa shape index (κ3) is 3.05. The lowest BCUT2D eigenvalue weighted by molar-refractivity contribution is -0.124. The van der Waals surface area contributed by atoms with Crippen LogP contribution in [-0.2, 0) is 11.3 Å². The Hall–Kier alpha value is -1.38. The largest absolute Gasteiger partial charge is 0.352 e. The second-order valence-electron chi connectivity index (χ2n) is 4.78. The Bertz CT molecular complexity index is 411. The molecule has 1 aliphatic rings. The molecule has 92 valence electrons. The molecule has 0 aliphatic heterocycles. The lowest BCUT2D eigenvalue weighted by Crippen LogP contribution is -2.28. The minimum Gasteiger partial charge on any atom is -0.352 e. The van der Waals surface area contributed by atoms with Gasteiger partial charge in [0.15, 0.2) is 0 Å². The zero-order chi connectivity index (χ0) is 12.3. The predicted octanol–water partition coefficient (Wildman–Crippen LogP) is 2.94. The topological polar surface area (TPSA) is 29.1 Å². The average molecular weight is 235 g/mol. The molecule has 0 spiro atoms. The van der Waals surface area contributed by atoms with Crippen molar-refractivity contribution in [1.82, 2.24) is 5.32 Å². The summed E-state index contributed by atoms with van der Waals surface area (Å²) < 4.78 is 13.1. The van der Waals surface area contributed by atoms with Gasteiger partial charge < -0.3 is 5.32 Å². The molecule has 0 bridgehead atoms. The molecule has 0 unspecified atom stereocenters. The van der Waals surface area contributed by atoms with Crippen LogP contribution in [0.15, 0.2) is 18.2 Å². The summed E-state index contributed by atoms with van der Waals surface area (Å²) in [4.78, 5) is 11.8. The van der Waals surface area contributed by atoms with Crippen LogP contribution in [0.5, 0.6) is 0 Å². The van der Waals surface area contributed by atoms with Gasteiger partial charge >= 0.3 is 0 Å². The summed E-state index contributed by atoms with van der Waals surface area (Å²) in [5.41, 5.74) is 1.58. The van der Waals surface area contributed by atoms with Crippen molar-refractivity contribution in [3.05, 3.63) is 35.1 Å². The van der Waals surface area contributed by atoms with Crippen molar-refractivity contribution in [3.63, 3.8) is 0 Å². The second-order valence-corrected chi connectivity index (χ2v) is 4.78. The predicted molar refractivity (Wildman–Crippen MR) is 64.9 cm³/mol. The van der Waals surface area contributed by atoms with Gasteiger partial charge in [0, 0.05) is 12.5 Å². The Morgan fingerprint density at radius 1 is 1.41 bits per heavy atom. The van der Waals surface area contributed by atoms with E-state index in [1.165, 1.54) is 6.07 Å². The Morgan fingerprint density at radius 2 is 2.12 bits per heavy atom. The van der Waals surface area contributed by atoms with E-state index in [0.717, 1.165) is 31.2 Å². The van der Waals surface area contributed by atoms with Crippen molar-refractivity contribution in [1.29, 1.82) is 0 Å². The van der Waals surface area contributed by atoms with Crippen molar-refractivity contribution in [2.75, 3.05) is 0 Å². The Morgan fingerprint density at radius 3 is 2.76 bits per heavy atom. The van der Waals surface area contributed by atoms with Crippen LogP contribution in [0, 0.1) is 18.7 Å². The average Bonchev–Trinajstić information content (AvgIpc) is 2.84. The van der Waals surface area contributed by atoms with Gasteiger partial charge in [-0.1, -0.05) is 25.0 Å². The normalized spacial score (nSPS) is 16.1. The van der Waals surface area contributed by atoms with E-state index in [1.807, 2.05) is 0 Å². The summed E-state index contributed by atoms with van der Waals surface area (Å²) in [6.45, 7) is 2.23. The molecule has 1 aromatic rings. The number of benzene rings is 1. The fraction of sp³-hybridized carbons (Fsp3) is 0.500. The third-order valence-corrected chi connectivity index (χ3v) is 3.42. The van der Waals surface area contributed by atoms with Crippen molar-refractivity contribution in [2.24, 2.45) is 5.92 Å². The molecule has 1 aliphatic carbocycles. The van der Waals surface area contributed by atoms with Gasteiger partial charge in [0.2, 0.25) is 5.91 Å². The maximum Gasteiger partial charge on any atom is 0.223 e. The zero-order valence-corrected chi connectivity index (χ0v) is 10.1. The van der Waals surface area contributed by atoms with Gasteiger partial charge in [-0.2, -0.15) is 0 Å². The minimum atomic E-state index is -0.198. The fourth-order valence-electron chi connectivity index (χ4n) is 2.34. The monoisotopic (exact) mass is 235 g/mol. The third-order valence-electron chi connectivity index (χ3n) is 3.42. The molecule has 0 radical (unpaired) electrons. The van der Waals surface area contributed by atoms with Crippen LogP contribution < -0.4 is 5.32 Å². The molecular formula is C14H18FNO. The summed E-state index contributed by atoms with van der Waals surface area (Å²) >= 11 is 0. The first-order valence-electron chi connectivity index (χ1n) is 6.19. The van der Waals surface area contributed by atoms with Crippen LogP contribution in [0.2, 0.25) is 0 Å². The maximum atomic E-state index is 13.1. The molecule has 1 amide bonds. The summed E-state index contributed by atoms with van der Waals surface area (Å²) in [5.74, 6) is 0.136. The maximum absolute atomic E-state index is 13.1. The highest BCUT2D eigenvalue weighted by atomic mass is 19.1. The van der Waals surface area contributed by atoms with Gasteiger partial charge in [0.1, 0.15) is 5.82 Å². The van der Waals surface area contributed by atoms with Crippen LogP contribution in [0.4, 0.5) is 4.39 Å². The molecule has 0 saturated heterocycles. The number of aryl methyl sites for hydroxylation is 1. The van der Waals surface area contributed by atoms with Crippen molar-refractivity contribution < 1.29 is 9.18 Å². The molecule has 1 fully saturated rings. The standard InChI is InChI=1S/C14H18FNO/c1-10-8-11(6-7-13(10)15)9-16-14(17)12-4-2-3-5-12/h6-8,12H,2-5,9H2,1H3,(H,16,17). The van der Waals surface area contributed by atoms with Crippen LogP contribution in [0.3, 0.4) is 0 Å². The van der Waals surface area contributed by atoms with Crippen molar-refractivity contribution in [3.8, 4) is 0 Å². The number of carbonyl (C=O) groups is 1. The fourth-order valence-corrected chi connectivity index (χ4v) is 2.34. The number of rotatable bonds is 3. The van der Waals surface area contributed by atoms with Gasteiger partial charge in [-0.25, -0.2) is 4.39 Å². The van der Waals surface area contributed by atoms with E-state index in [0.29, 0.717) is 12.1 Å². The van der Waals surface area contributed by atoms with E-state index in [9.17, 15) is 9.18 Å². The second kappa shape index (κ2) is 5.30. The summed E-state index contributed by atoms with van der Waals surface area (Å²) in [6.07, 6.45) is 4.34. The minimum absolute atomic E-state index is 0.143. The SMILES string of the molecule is Cc1cc(CNC(=O)C2CCCC2)ccc1F. The number of nitrogens with one attached hydrogen (secondary N) is 1. The summed E-state index contributed by atoms with van der Waals surface area (Å²) in [6, 6.07) is 4.95. The molecule has 17 heavy (non-hydrogen) atoms. The molecule has 0 atom stereocenters. The number of amides is 1. The number of carbonyl (C=O) groups excluding carboxylic acids is 1. The van der Waals surface area contributed by atoms with Crippen LogP contribution in [0.1, 0.15) is 36.8 Å². The molecular weight excluding hydrogens is 217 g/mol. The quantitative estimate of drug-likeness (QED) is 0.857. The summed E-state index contributed by atoms with van der Waals surface area (Å²) in [5, 5.41) is 2.93. The van der Waals surface area contributed by atoms with E-state index in [1.54, 1.807) is 19.1 Å². The lowest BCUT2D eigenvalue weighted by Gasteiger charge is -2.10. The molecule has 2 nitrogen and oxygen atoms in total. The highest BCUT2D eigenvalue weighted by molar-refractivity contribution is 5.78. The van der Waals surface area contributed by atoms with Crippen LogP contribution in [-0.4, -0.2) is 5.91 Å². The van der Waals surface area contributed by atoms with Gasteiger partial charge in [-0.05, 0) is 37.0 Å². The Labute approximate surface area is 101 Å². The van der Waals surface area contributed by atoms with E-state index in [2.05, 4.69) is 5.32 Å². The highest BCUT2D eigenvalue weighted by Crippen LogP contribution is 2.24. The molecule has 1 aromatic carbocycles. The summed E-state index contributed by atoms with van der Waals surface area (Å²) in [7, 11) is 0. The molecule has 2 rings (SSSR count). The molecule has 1 saturated carbocycles. The van der Waals surface area contributed by atoms with Gasteiger partial charge in [0.05, 0.1) is 0 Å². The highest BCUT2D eigenvalue weighted by Gasteiger charge is 2.22. The van der Waals surface area contributed by atoms with E-state index >= 15 is 0 Å². The van der Waals surface area contributed by atoms with E-state index in [4.69, 9.17) is 0 Å². The first kappa shape index (κ1) is 12.1. The zero-order valence-electron chi connectivity index (χ0n) is 10.1. The van der Waals surface area contributed by atoms with E-state index in [-0.39, 0.29) is 17.6 Å². The van der Waals surface area contributed by atoms with Crippen LogP contribution >= 0.6 is 0 Å². The lowest BCUT2D eigenvalue weighted by atomic mass is 10.1. The number of halogens is 1. The van der Waals surface area contributed by atoms with Gasteiger partial charge in [0.25, 0.3) is 0 Å². The molecule has 0 heterocycles. The van der Waals surface area contributed by atoms with E-state index < -0.39 is 0 Å². The molecule has 1 N–H and O–H groups in total. The Balaban J connectivity index is 1.88. The smallest absolute Gasteiger partial charge is 0.223 e. The van der Waals surface area contributed by atoms with Gasteiger partial charge in [-0.3, -0.25) is 4.79 Å². The van der Waals surface area contributed by atoms with Gasteiger partial charge in [-0.15, -0.1) is 0 Å². The first-order chi connectivity index (χ1) is 8.16. The van der Waals surface area contributed by atoms with Crippen molar-refractivity contribution >= 4 is 5.91 Å². The van der Waals surface area contributed by atoms with Crippen molar-refractivity contribution in [2.45, 2.75) is 39.2 Å². The van der Waals surface area contributed by atoms with Crippen LogP contribution in [0.25, 0.3) is 0 Å². The number of hydrogen-bond acceptors (Lipinski definition) is 1. The molecule has 0 aromatic heterocycles. The Kier molecular flexibility index (Phi) is 3.77. The first-order valence-corrected chi connectivity index (χ1v) is 6.19. The number of hydrogen-bond donors (Lipinski definition) is 1.